The molecule has 2 heteroatoms. The van der Waals surface area contributed by atoms with Gasteiger partial charge < -0.3 is 10.1 Å². The van der Waals surface area contributed by atoms with E-state index in [0.717, 1.165) is 25.3 Å². The minimum absolute atomic E-state index is 0.0452. The van der Waals surface area contributed by atoms with E-state index in [4.69, 9.17) is 4.74 Å². The normalized spacial score (nSPS) is 14.2. The molecule has 19 heavy (non-hydrogen) atoms. The zero-order valence-corrected chi connectivity index (χ0v) is 12.7. The number of hydrogen-bond donors (Lipinski definition) is 1. The summed E-state index contributed by atoms with van der Waals surface area (Å²) < 4.78 is 5.42. The van der Waals surface area contributed by atoms with Crippen molar-refractivity contribution >= 4 is 0 Å². The lowest BCUT2D eigenvalue weighted by atomic mass is 9.83. The maximum absolute atomic E-state index is 5.42. The third-order valence-electron chi connectivity index (χ3n) is 3.36. The molecule has 0 aliphatic carbocycles. The molecule has 2 nitrogen and oxygen atoms in total. The number of methoxy groups -OCH3 is 1. The van der Waals surface area contributed by atoms with Gasteiger partial charge in [0.15, 0.2) is 0 Å². The molecule has 1 aromatic rings. The van der Waals surface area contributed by atoms with Crippen molar-refractivity contribution in [1.82, 2.24) is 5.32 Å². The number of benzene rings is 1. The topological polar surface area (TPSA) is 21.3 Å². The van der Waals surface area contributed by atoms with Crippen molar-refractivity contribution in [2.75, 3.05) is 20.2 Å². The first kappa shape index (κ1) is 15.8. The Kier molecular flexibility index (Phi) is 6.10. The van der Waals surface area contributed by atoms with E-state index in [1.807, 2.05) is 18.2 Å². The Hall–Kier alpha value is -1.28. The Labute approximate surface area is 117 Å². The molecule has 1 N–H and O–H groups in total. The molecule has 1 aromatic carbocycles. The van der Waals surface area contributed by atoms with Crippen LogP contribution in [0.2, 0.25) is 0 Å². The summed E-state index contributed by atoms with van der Waals surface area (Å²) in [6.45, 7) is 12.7. The van der Waals surface area contributed by atoms with Crippen LogP contribution in [0.3, 0.4) is 0 Å². The number of hydrogen-bond acceptors (Lipinski definition) is 2. The van der Waals surface area contributed by atoms with Crippen molar-refractivity contribution in [3.63, 3.8) is 0 Å². The van der Waals surface area contributed by atoms with E-state index in [2.05, 4.69) is 44.8 Å². The van der Waals surface area contributed by atoms with E-state index in [1.54, 1.807) is 7.11 Å². The Morgan fingerprint density at radius 1 is 1.37 bits per heavy atom. The predicted molar refractivity (Wildman–Crippen MR) is 82.7 cm³/mol. The number of nitrogens with one attached hydrogen (secondary N) is 1. The molecular formula is C17H27NO. The van der Waals surface area contributed by atoms with Gasteiger partial charge in [-0.05, 0) is 30.5 Å². The van der Waals surface area contributed by atoms with E-state index >= 15 is 0 Å². The fraction of sp³-hybridized carbons (Fsp3) is 0.529. The van der Waals surface area contributed by atoms with Crippen LogP contribution < -0.4 is 10.1 Å². The first-order valence-corrected chi connectivity index (χ1v) is 6.97. The van der Waals surface area contributed by atoms with Crippen molar-refractivity contribution in [2.45, 2.75) is 27.2 Å². The summed E-state index contributed by atoms with van der Waals surface area (Å²) in [7, 11) is 1.72. The van der Waals surface area contributed by atoms with Crippen LogP contribution in [-0.4, -0.2) is 20.2 Å². The standard InChI is InChI=1S/C17H27NO/c1-6-17(4,13-18-12-14(2)3)11-15-9-7-8-10-16(15)19-5/h6-10,14,18H,1,11-13H2,2-5H3. The largest absolute Gasteiger partial charge is 0.496 e. The highest BCUT2D eigenvalue weighted by Crippen LogP contribution is 2.28. The molecule has 0 spiro atoms. The average molecular weight is 261 g/mol. The molecule has 0 saturated heterocycles. The Morgan fingerprint density at radius 3 is 2.63 bits per heavy atom. The minimum atomic E-state index is 0.0452. The van der Waals surface area contributed by atoms with Gasteiger partial charge in [-0.1, -0.05) is 45.0 Å². The van der Waals surface area contributed by atoms with Crippen LogP contribution in [0, 0.1) is 11.3 Å². The van der Waals surface area contributed by atoms with Gasteiger partial charge in [0.05, 0.1) is 7.11 Å². The molecule has 0 radical (unpaired) electrons. The highest BCUT2D eigenvalue weighted by molar-refractivity contribution is 5.34. The Balaban J connectivity index is 2.71. The molecule has 0 aromatic heterocycles. The van der Waals surface area contributed by atoms with E-state index in [1.165, 1.54) is 5.56 Å². The van der Waals surface area contributed by atoms with Crippen molar-refractivity contribution in [1.29, 1.82) is 0 Å². The highest BCUT2D eigenvalue weighted by Gasteiger charge is 2.22. The van der Waals surface area contributed by atoms with Gasteiger partial charge in [0.25, 0.3) is 0 Å². The summed E-state index contributed by atoms with van der Waals surface area (Å²) >= 11 is 0. The summed E-state index contributed by atoms with van der Waals surface area (Å²) in [6, 6.07) is 8.21. The second-order valence-electron chi connectivity index (χ2n) is 5.87. The lowest BCUT2D eigenvalue weighted by molar-refractivity contribution is 0.363. The van der Waals surface area contributed by atoms with Crippen LogP contribution in [0.15, 0.2) is 36.9 Å². The van der Waals surface area contributed by atoms with E-state index in [-0.39, 0.29) is 5.41 Å². The SMILES string of the molecule is C=CC(C)(CNCC(C)C)Cc1ccccc1OC. The van der Waals surface area contributed by atoms with E-state index in [0.29, 0.717) is 5.92 Å². The number of ether oxygens (including phenoxy) is 1. The van der Waals surface area contributed by atoms with Gasteiger partial charge in [0, 0.05) is 12.0 Å². The third kappa shape index (κ3) is 5.07. The molecule has 0 aliphatic rings. The van der Waals surface area contributed by atoms with E-state index < -0.39 is 0 Å². The second-order valence-corrected chi connectivity index (χ2v) is 5.87. The van der Waals surface area contributed by atoms with Gasteiger partial charge >= 0.3 is 0 Å². The van der Waals surface area contributed by atoms with Gasteiger partial charge in [-0.25, -0.2) is 0 Å². The molecule has 1 rings (SSSR count). The summed E-state index contributed by atoms with van der Waals surface area (Å²) in [5.41, 5.74) is 1.28. The summed E-state index contributed by atoms with van der Waals surface area (Å²) in [6.07, 6.45) is 2.98. The molecule has 1 unspecified atom stereocenters. The van der Waals surface area contributed by atoms with Gasteiger partial charge in [-0.2, -0.15) is 0 Å². The van der Waals surface area contributed by atoms with Crippen LogP contribution in [0.25, 0.3) is 0 Å². The smallest absolute Gasteiger partial charge is 0.122 e. The van der Waals surface area contributed by atoms with Crippen LogP contribution in [0.4, 0.5) is 0 Å². The number of rotatable bonds is 8. The summed E-state index contributed by atoms with van der Waals surface area (Å²) in [5, 5.41) is 3.52. The molecule has 0 heterocycles. The zero-order valence-electron chi connectivity index (χ0n) is 12.7. The summed E-state index contributed by atoms with van der Waals surface area (Å²) in [4.78, 5) is 0. The van der Waals surface area contributed by atoms with Crippen molar-refractivity contribution in [3.8, 4) is 5.75 Å². The lowest BCUT2D eigenvalue weighted by Gasteiger charge is -2.27. The van der Waals surface area contributed by atoms with Gasteiger partial charge in [0.2, 0.25) is 0 Å². The van der Waals surface area contributed by atoms with Gasteiger partial charge in [-0.3, -0.25) is 0 Å². The van der Waals surface area contributed by atoms with Crippen LogP contribution in [0.5, 0.6) is 5.75 Å². The minimum Gasteiger partial charge on any atom is -0.496 e. The molecule has 0 aliphatic heterocycles. The fourth-order valence-electron chi connectivity index (χ4n) is 2.14. The molecule has 0 amide bonds. The average Bonchev–Trinajstić information content (AvgIpc) is 2.39. The number of para-hydroxylation sites is 1. The predicted octanol–water partition coefficient (Wildman–Crippen LogP) is 3.68. The highest BCUT2D eigenvalue weighted by atomic mass is 16.5. The van der Waals surface area contributed by atoms with E-state index in [9.17, 15) is 0 Å². The first-order valence-electron chi connectivity index (χ1n) is 6.97. The molecule has 106 valence electrons. The second kappa shape index (κ2) is 7.34. The lowest BCUT2D eigenvalue weighted by Crippen LogP contribution is -2.34. The molecule has 0 fully saturated rings. The quantitative estimate of drug-likeness (QED) is 0.721. The van der Waals surface area contributed by atoms with Crippen LogP contribution >= 0.6 is 0 Å². The van der Waals surface area contributed by atoms with Gasteiger partial charge in [-0.15, -0.1) is 6.58 Å². The van der Waals surface area contributed by atoms with Crippen molar-refractivity contribution in [2.24, 2.45) is 11.3 Å². The fourth-order valence-corrected chi connectivity index (χ4v) is 2.14. The third-order valence-corrected chi connectivity index (χ3v) is 3.36. The summed E-state index contributed by atoms with van der Waals surface area (Å²) in [5.74, 6) is 1.62. The van der Waals surface area contributed by atoms with Gasteiger partial charge in [0.1, 0.15) is 5.75 Å². The Bertz CT molecular complexity index is 400. The maximum atomic E-state index is 5.42. The van der Waals surface area contributed by atoms with Crippen molar-refractivity contribution in [3.05, 3.63) is 42.5 Å². The zero-order chi connectivity index (χ0) is 14.3. The molecule has 0 saturated carbocycles. The molecule has 1 atom stereocenters. The monoisotopic (exact) mass is 261 g/mol. The van der Waals surface area contributed by atoms with Crippen LogP contribution in [0.1, 0.15) is 26.3 Å². The molecule has 0 bridgehead atoms. The van der Waals surface area contributed by atoms with Crippen molar-refractivity contribution < 1.29 is 4.74 Å². The first-order chi connectivity index (χ1) is 9.00. The maximum Gasteiger partial charge on any atom is 0.122 e. The van der Waals surface area contributed by atoms with Crippen LogP contribution in [-0.2, 0) is 6.42 Å². The Morgan fingerprint density at radius 2 is 2.05 bits per heavy atom. The molecular weight excluding hydrogens is 234 g/mol.